The number of hydrogen-bond acceptors (Lipinski definition) is 5. The zero-order valence-corrected chi connectivity index (χ0v) is 15.9. The van der Waals surface area contributed by atoms with Crippen molar-refractivity contribution in [3.63, 3.8) is 0 Å². The molecule has 0 unspecified atom stereocenters. The third-order valence-electron chi connectivity index (χ3n) is 4.39. The van der Waals surface area contributed by atoms with Gasteiger partial charge in [-0.3, -0.25) is 9.12 Å². The Bertz CT molecular complexity index is 1240. The average Bonchev–Trinajstić information content (AvgIpc) is 3.16. The number of rotatable bonds is 4. The van der Waals surface area contributed by atoms with Crippen molar-refractivity contribution in [3.05, 3.63) is 60.4 Å². The fourth-order valence-electron chi connectivity index (χ4n) is 2.87. The summed E-state index contributed by atoms with van der Waals surface area (Å²) in [4.78, 5) is 12.9. The number of nitrogens with zero attached hydrogens (tertiary/aromatic N) is 5. The van der Waals surface area contributed by atoms with Crippen LogP contribution in [0.5, 0.6) is 0 Å². The lowest BCUT2D eigenvalue weighted by molar-refractivity contribution is 0.598. The van der Waals surface area contributed by atoms with Gasteiger partial charge in [0.05, 0.1) is 5.69 Å². The van der Waals surface area contributed by atoms with Gasteiger partial charge in [-0.25, -0.2) is 15.0 Å². The predicted octanol–water partition coefficient (Wildman–Crippen LogP) is 2.55. The Hall–Kier alpha value is -3.20. The van der Waals surface area contributed by atoms with Gasteiger partial charge in [0, 0.05) is 42.6 Å². The molecule has 138 valence electrons. The minimum Gasteiger partial charge on any atom is -0.337 e. The Kier molecular flexibility index (Phi) is 3.96. The minimum absolute atomic E-state index is 0.0130. The first-order valence-corrected chi connectivity index (χ1v) is 9.76. The van der Waals surface area contributed by atoms with E-state index in [9.17, 15) is 8.42 Å². The highest BCUT2D eigenvalue weighted by molar-refractivity contribution is 7.92. The van der Waals surface area contributed by atoms with Gasteiger partial charge in [0.2, 0.25) is 5.78 Å². The van der Waals surface area contributed by atoms with Crippen molar-refractivity contribution in [2.45, 2.75) is 18.9 Å². The van der Waals surface area contributed by atoms with Gasteiger partial charge in [-0.2, -0.15) is 8.42 Å². The largest absolute Gasteiger partial charge is 0.337 e. The van der Waals surface area contributed by atoms with Crippen LogP contribution in [0.15, 0.2) is 53.9 Å². The van der Waals surface area contributed by atoms with Gasteiger partial charge >= 0.3 is 0 Å². The SMILES string of the molecule is Cc1nc(S(=O)(=O)Nc2cccc(-c3nc4ncccn4c3C)c2)cn1C. The number of aromatic nitrogens is 5. The fourth-order valence-corrected chi connectivity index (χ4v) is 3.96. The highest BCUT2D eigenvalue weighted by atomic mass is 32.2. The van der Waals surface area contributed by atoms with Gasteiger partial charge in [-0.15, -0.1) is 0 Å². The van der Waals surface area contributed by atoms with E-state index in [1.807, 2.05) is 29.7 Å². The number of sulfonamides is 1. The standard InChI is InChI=1S/C18H18N6O2S/c1-12-17(21-18-19-8-5-9-24(12)18)14-6-4-7-15(10-14)22-27(25,26)16-11-23(3)13(2)20-16/h4-11,22H,1-3H3. The molecule has 1 aromatic carbocycles. The van der Waals surface area contributed by atoms with E-state index in [4.69, 9.17) is 0 Å². The number of anilines is 1. The van der Waals surface area contributed by atoms with Gasteiger partial charge < -0.3 is 4.57 Å². The third kappa shape index (κ3) is 3.06. The van der Waals surface area contributed by atoms with E-state index >= 15 is 0 Å². The molecule has 0 aliphatic rings. The summed E-state index contributed by atoms with van der Waals surface area (Å²) in [6, 6.07) is 8.96. The Morgan fingerprint density at radius 2 is 1.93 bits per heavy atom. The molecule has 1 N–H and O–H groups in total. The molecule has 0 fully saturated rings. The average molecular weight is 382 g/mol. The third-order valence-corrected chi connectivity index (χ3v) is 5.64. The quantitative estimate of drug-likeness (QED) is 0.585. The number of aryl methyl sites for hydroxylation is 3. The fraction of sp³-hybridized carbons (Fsp3) is 0.167. The molecule has 0 spiro atoms. The summed E-state index contributed by atoms with van der Waals surface area (Å²) in [5.74, 6) is 1.22. The van der Waals surface area contributed by atoms with Crippen LogP contribution in [0.2, 0.25) is 0 Å². The van der Waals surface area contributed by atoms with Crippen molar-refractivity contribution in [1.82, 2.24) is 23.9 Å². The van der Waals surface area contributed by atoms with Crippen molar-refractivity contribution in [2.24, 2.45) is 7.05 Å². The zero-order chi connectivity index (χ0) is 19.2. The molecular weight excluding hydrogens is 364 g/mol. The van der Waals surface area contributed by atoms with Gasteiger partial charge in [-0.05, 0) is 32.0 Å². The highest BCUT2D eigenvalue weighted by Gasteiger charge is 2.19. The van der Waals surface area contributed by atoms with Crippen LogP contribution in [0, 0.1) is 13.8 Å². The molecule has 3 heterocycles. The van der Waals surface area contributed by atoms with E-state index in [1.165, 1.54) is 6.20 Å². The zero-order valence-electron chi connectivity index (χ0n) is 15.1. The first-order chi connectivity index (χ1) is 12.8. The van der Waals surface area contributed by atoms with Crippen LogP contribution in [-0.2, 0) is 17.1 Å². The maximum Gasteiger partial charge on any atom is 0.280 e. The molecule has 4 aromatic rings. The number of nitrogens with one attached hydrogen (secondary N) is 1. The molecule has 8 nitrogen and oxygen atoms in total. The molecule has 27 heavy (non-hydrogen) atoms. The molecule has 0 bridgehead atoms. The van der Waals surface area contributed by atoms with Crippen molar-refractivity contribution in [1.29, 1.82) is 0 Å². The molecule has 0 aliphatic carbocycles. The molecule has 0 aliphatic heterocycles. The van der Waals surface area contributed by atoms with Crippen LogP contribution < -0.4 is 4.72 Å². The van der Waals surface area contributed by atoms with E-state index in [1.54, 1.807) is 42.9 Å². The summed E-state index contributed by atoms with van der Waals surface area (Å²) in [6.07, 6.45) is 5.06. The van der Waals surface area contributed by atoms with Gasteiger partial charge in [0.25, 0.3) is 10.0 Å². The summed E-state index contributed by atoms with van der Waals surface area (Å²) < 4.78 is 31.4. The van der Waals surface area contributed by atoms with Crippen LogP contribution in [0.4, 0.5) is 5.69 Å². The summed E-state index contributed by atoms with van der Waals surface area (Å²) in [7, 11) is -2.02. The lowest BCUT2D eigenvalue weighted by Gasteiger charge is -2.07. The van der Waals surface area contributed by atoms with Crippen LogP contribution in [0.25, 0.3) is 17.0 Å². The van der Waals surface area contributed by atoms with Crippen molar-refractivity contribution in [3.8, 4) is 11.3 Å². The second kappa shape index (κ2) is 6.20. The van der Waals surface area contributed by atoms with Gasteiger partial charge in [0.15, 0.2) is 5.03 Å². The van der Waals surface area contributed by atoms with Crippen LogP contribution in [0.1, 0.15) is 11.5 Å². The normalized spacial score (nSPS) is 11.8. The van der Waals surface area contributed by atoms with Crippen LogP contribution in [-0.4, -0.2) is 32.3 Å². The van der Waals surface area contributed by atoms with Crippen molar-refractivity contribution < 1.29 is 8.42 Å². The predicted molar refractivity (Wildman–Crippen MR) is 102 cm³/mol. The number of benzene rings is 1. The first-order valence-electron chi connectivity index (χ1n) is 8.28. The topological polar surface area (TPSA) is 94.2 Å². The Labute approximate surface area is 156 Å². The number of fused-ring (bicyclic) bond motifs is 1. The van der Waals surface area contributed by atoms with E-state index < -0.39 is 10.0 Å². The number of imidazole rings is 2. The smallest absolute Gasteiger partial charge is 0.280 e. The molecule has 0 saturated heterocycles. The lowest BCUT2D eigenvalue weighted by Crippen LogP contribution is -2.13. The molecule has 0 saturated carbocycles. The van der Waals surface area contributed by atoms with E-state index in [2.05, 4.69) is 19.7 Å². The lowest BCUT2D eigenvalue weighted by atomic mass is 10.1. The minimum atomic E-state index is -3.77. The monoisotopic (exact) mass is 382 g/mol. The molecule has 0 atom stereocenters. The number of hydrogen-bond donors (Lipinski definition) is 1. The van der Waals surface area contributed by atoms with Crippen molar-refractivity contribution in [2.75, 3.05) is 4.72 Å². The summed E-state index contributed by atoms with van der Waals surface area (Å²) >= 11 is 0. The highest BCUT2D eigenvalue weighted by Crippen LogP contribution is 2.26. The molecular formula is C18H18N6O2S. The Balaban J connectivity index is 1.71. The second-order valence-electron chi connectivity index (χ2n) is 6.26. The maximum absolute atomic E-state index is 12.6. The van der Waals surface area contributed by atoms with E-state index in [0.717, 1.165) is 17.0 Å². The van der Waals surface area contributed by atoms with Gasteiger partial charge in [-0.1, -0.05) is 12.1 Å². The molecule has 9 heteroatoms. The second-order valence-corrected chi connectivity index (χ2v) is 7.89. The van der Waals surface area contributed by atoms with E-state index in [0.29, 0.717) is 17.3 Å². The van der Waals surface area contributed by atoms with Crippen LogP contribution in [0.3, 0.4) is 0 Å². The summed E-state index contributed by atoms with van der Waals surface area (Å²) in [6.45, 7) is 3.70. The van der Waals surface area contributed by atoms with Crippen molar-refractivity contribution >= 4 is 21.5 Å². The first kappa shape index (κ1) is 17.2. The summed E-state index contributed by atoms with van der Waals surface area (Å²) in [5.41, 5.74) is 2.93. The summed E-state index contributed by atoms with van der Waals surface area (Å²) in [5, 5.41) is -0.0130. The molecule has 0 radical (unpaired) electrons. The molecule has 0 amide bonds. The van der Waals surface area contributed by atoms with Crippen LogP contribution >= 0.6 is 0 Å². The van der Waals surface area contributed by atoms with E-state index in [-0.39, 0.29) is 5.03 Å². The molecule has 4 rings (SSSR count). The maximum atomic E-state index is 12.6. The Morgan fingerprint density at radius 1 is 1.11 bits per heavy atom. The molecule has 3 aromatic heterocycles. The Morgan fingerprint density at radius 3 is 2.63 bits per heavy atom. The van der Waals surface area contributed by atoms with Gasteiger partial charge in [0.1, 0.15) is 5.82 Å².